The normalized spacial score (nSPS) is 10.7. The number of aromatic carboxylic acids is 1. The maximum absolute atomic E-state index is 11.3. The highest BCUT2D eigenvalue weighted by Crippen LogP contribution is 2.22. The molecule has 0 amide bonds. The number of fused-ring (bicyclic) bond motifs is 1. The average Bonchev–Trinajstić information content (AvgIpc) is 2.91. The van der Waals surface area contributed by atoms with E-state index in [0.717, 1.165) is 0 Å². The molecule has 3 aromatic rings. The first-order chi connectivity index (χ1) is 9.70. The van der Waals surface area contributed by atoms with Gasteiger partial charge in [0.15, 0.2) is 0 Å². The molecule has 6 nitrogen and oxygen atoms in total. The number of ether oxygens (including phenoxy) is 1. The number of methoxy groups -OCH3 is 1. The predicted octanol–water partition coefficient (Wildman–Crippen LogP) is 2.13. The van der Waals surface area contributed by atoms with Gasteiger partial charge < -0.3 is 9.84 Å². The number of aromatic nitrogens is 3. The second-order valence-corrected chi connectivity index (χ2v) is 4.18. The molecule has 0 radical (unpaired) electrons. The predicted molar refractivity (Wildman–Crippen MR) is 72.4 cm³/mol. The monoisotopic (exact) mass is 269 g/mol. The Morgan fingerprint density at radius 1 is 1.25 bits per heavy atom. The standard InChI is InChI=1S/C14H11N3O3/c1-20-10-5-2-4-9(8-10)17-13-11(14(18)19)6-3-7-12(13)15-16-17/h2-8H,1H3,(H,18,19). The molecule has 0 saturated carbocycles. The Morgan fingerprint density at radius 2 is 2.05 bits per heavy atom. The Morgan fingerprint density at radius 3 is 2.80 bits per heavy atom. The minimum Gasteiger partial charge on any atom is -0.497 e. The summed E-state index contributed by atoms with van der Waals surface area (Å²) in [7, 11) is 1.57. The van der Waals surface area contributed by atoms with Crippen LogP contribution in [0.25, 0.3) is 16.7 Å². The largest absolute Gasteiger partial charge is 0.497 e. The van der Waals surface area contributed by atoms with E-state index in [4.69, 9.17) is 4.74 Å². The molecule has 0 saturated heterocycles. The fraction of sp³-hybridized carbons (Fsp3) is 0.0714. The summed E-state index contributed by atoms with van der Waals surface area (Å²) in [6.07, 6.45) is 0. The molecular weight excluding hydrogens is 258 g/mol. The SMILES string of the molecule is COc1cccc(-n2nnc3cccc(C(=O)O)c32)c1. The van der Waals surface area contributed by atoms with Crippen LogP contribution in [0, 0.1) is 0 Å². The first-order valence-corrected chi connectivity index (χ1v) is 5.93. The average molecular weight is 269 g/mol. The van der Waals surface area contributed by atoms with Crippen molar-refractivity contribution < 1.29 is 14.6 Å². The summed E-state index contributed by atoms with van der Waals surface area (Å²) >= 11 is 0. The van der Waals surface area contributed by atoms with Gasteiger partial charge in [-0.15, -0.1) is 5.10 Å². The van der Waals surface area contributed by atoms with Gasteiger partial charge in [-0.3, -0.25) is 0 Å². The molecule has 1 heterocycles. The van der Waals surface area contributed by atoms with Crippen LogP contribution in [-0.4, -0.2) is 33.2 Å². The van der Waals surface area contributed by atoms with Crippen LogP contribution in [0.15, 0.2) is 42.5 Å². The zero-order valence-electron chi connectivity index (χ0n) is 10.6. The fourth-order valence-electron chi connectivity index (χ4n) is 2.07. The number of nitrogens with zero attached hydrogens (tertiary/aromatic N) is 3. The topological polar surface area (TPSA) is 77.2 Å². The van der Waals surface area contributed by atoms with Gasteiger partial charge in [0.2, 0.25) is 0 Å². The summed E-state index contributed by atoms with van der Waals surface area (Å²) in [5.74, 6) is -0.346. The van der Waals surface area contributed by atoms with E-state index in [-0.39, 0.29) is 5.56 Å². The first kappa shape index (κ1) is 12.2. The number of carbonyl (C=O) groups is 1. The quantitative estimate of drug-likeness (QED) is 0.788. The van der Waals surface area contributed by atoms with E-state index < -0.39 is 5.97 Å². The van der Waals surface area contributed by atoms with Crippen molar-refractivity contribution >= 4 is 17.0 Å². The van der Waals surface area contributed by atoms with Crippen LogP contribution in [0.5, 0.6) is 5.75 Å². The number of para-hydroxylation sites is 1. The highest BCUT2D eigenvalue weighted by atomic mass is 16.5. The van der Waals surface area contributed by atoms with Crippen LogP contribution in [0.2, 0.25) is 0 Å². The molecule has 3 rings (SSSR count). The van der Waals surface area contributed by atoms with Gasteiger partial charge in [-0.2, -0.15) is 0 Å². The molecule has 20 heavy (non-hydrogen) atoms. The molecule has 0 aliphatic rings. The summed E-state index contributed by atoms with van der Waals surface area (Å²) in [4.78, 5) is 11.3. The number of hydrogen-bond acceptors (Lipinski definition) is 4. The molecule has 1 aromatic heterocycles. The zero-order valence-corrected chi connectivity index (χ0v) is 10.6. The second kappa shape index (κ2) is 4.65. The van der Waals surface area contributed by atoms with Crippen molar-refractivity contribution in [3.63, 3.8) is 0 Å². The van der Waals surface area contributed by atoms with Crippen molar-refractivity contribution in [1.29, 1.82) is 0 Å². The molecule has 2 aromatic carbocycles. The molecule has 0 bridgehead atoms. The van der Waals surface area contributed by atoms with Crippen LogP contribution in [0.3, 0.4) is 0 Å². The minimum absolute atomic E-state index is 0.162. The number of carboxylic acid groups (broad SMARTS) is 1. The van der Waals surface area contributed by atoms with E-state index in [9.17, 15) is 9.90 Å². The highest BCUT2D eigenvalue weighted by molar-refractivity contribution is 6.01. The van der Waals surface area contributed by atoms with E-state index in [2.05, 4.69) is 10.3 Å². The van der Waals surface area contributed by atoms with Crippen molar-refractivity contribution in [3.05, 3.63) is 48.0 Å². The number of rotatable bonds is 3. The third-order valence-corrected chi connectivity index (χ3v) is 3.00. The Kier molecular flexibility index (Phi) is 2.83. The molecule has 0 aliphatic carbocycles. The number of hydrogen-bond donors (Lipinski definition) is 1. The van der Waals surface area contributed by atoms with E-state index in [1.807, 2.05) is 12.1 Å². The summed E-state index contributed by atoms with van der Waals surface area (Å²) in [5, 5.41) is 17.3. The van der Waals surface area contributed by atoms with Gasteiger partial charge in [0, 0.05) is 6.07 Å². The lowest BCUT2D eigenvalue weighted by Crippen LogP contribution is -2.03. The summed E-state index contributed by atoms with van der Waals surface area (Å²) < 4.78 is 6.67. The Bertz CT molecular complexity index is 795. The van der Waals surface area contributed by atoms with Crippen LogP contribution in [0.4, 0.5) is 0 Å². The summed E-state index contributed by atoms with van der Waals surface area (Å²) in [6, 6.07) is 12.1. The highest BCUT2D eigenvalue weighted by Gasteiger charge is 2.15. The number of carboxylic acids is 1. The van der Waals surface area contributed by atoms with Crippen molar-refractivity contribution in [1.82, 2.24) is 15.0 Å². The molecule has 0 aliphatic heterocycles. The Labute approximate surface area is 114 Å². The minimum atomic E-state index is -1.01. The van der Waals surface area contributed by atoms with Crippen molar-refractivity contribution in [2.45, 2.75) is 0 Å². The van der Waals surface area contributed by atoms with E-state index in [1.165, 1.54) is 10.7 Å². The zero-order chi connectivity index (χ0) is 14.1. The molecule has 0 atom stereocenters. The molecule has 1 N–H and O–H groups in total. The van der Waals surface area contributed by atoms with Crippen LogP contribution < -0.4 is 4.74 Å². The van der Waals surface area contributed by atoms with Crippen molar-refractivity contribution in [2.24, 2.45) is 0 Å². The smallest absolute Gasteiger partial charge is 0.337 e. The second-order valence-electron chi connectivity index (χ2n) is 4.18. The van der Waals surface area contributed by atoms with Crippen LogP contribution >= 0.6 is 0 Å². The maximum atomic E-state index is 11.3. The summed E-state index contributed by atoms with van der Waals surface area (Å²) in [6.45, 7) is 0. The third kappa shape index (κ3) is 1.87. The molecule has 100 valence electrons. The van der Waals surface area contributed by atoms with Crippen molar-refractivity contribution in [2.75, 3.05) is 7.11 Å². The van der Waals surface area contributed by atoms with Gasteiger partial charge in [-0.25, -0.2) is 9.48 Å². The molecule has 0 fully saturated rings. The Hall–Kier alpha value is -2.89. The van der Waals surface area contributed by atoms with Gasteiger partial charge in [0.25, 0.3) is 0 Å². The lowest BCUT2D eigenvalue weighted by atomic mass is 10.2. The number of benzene rings is 2. The molecule has 6 heteroatoms. The van der Waals surface area contributed by atoms with E-state index >= 15 is 0 Å². The summed E-state index contributed by atoms with van der Waals surface area (Å²) in [5.41, 5.74) is 1.86. The lowest BCUT2D eigenvalue weighted by molar-refractivity contribution is 0.0698. The molecule has 0 unspecified atom stereocenters. The molecular formula is C14H11N3O3. The fourth-order valence-corrected chi connectivity index (χ4v) is 2.07. The van der Waals surface area contributed by atoms with Gasteiger partial charge in [0.05, 0.1) is 18.4 Å². The van der Waals surface area contributed by atoms with Crippen LogP contribution in [-0.2, 0) is 0 Å². The maximum Gasteiger partial charge on any atom is 0.337 e. The van der Waals surface area contributed by atoms with Gasteiger partial charge >= 0.3 is 5.97 Å². The third-order valence-electron chi connectivity index (χ3n) is 3.00. The Balaban J connectivity index is 2.28. The molecule has 0 spiro atoms. The van der Waals surface area contributed by atoms with Gasteiger partial charge in [0.1, 0.15) is 16.8 Å². The van der Waals surface area contributed by atoms with E-state index in [0.29, 0.717) is 22.5 Å². The van der Waals surface area contributed by atoms with Gasteiger partial charge in [-0.05, 0) is 24.3 Å². The van der Waals surface area contributed by atoms with E-state index in [1.54, 1.807) is 31.4 Å². The van der Waals surface area contributed by atoms with Crippen LogP contribution in [0.1, 0.15) is 10.4 Å². The van der Waals surface area contributed by atoms with Crippen molar-refractivity contribution in [3.8, 4) is 11.4 Å². The van der Waals surface area contributed by atoms with Gasteiger partial charge in [-0.1, -0.05) is 17.3 Å². The lowest BCUT2D eigenvalue weighted by Gasteiger charge is -2.06. The first-order valence-electron chi connectivity index (χ1n) is 5.93.